The van der Waals surface area contributed by atoms with E-state index in [0.29, 0.717) is 5.69 Å². The van der Waals surface area contributed by atoms with Crippen molar-refractivity contribution in [3.05, 3.63) is 48.0 Å². The van der Waals surface area contributed by atoms with E-state index in [1.807, 2.05) is 31.2 Å². The highest BCUT2D eigenvalue weighted by Crippen LogP contribution is 2.31. The lowest BCUT2D eigenvalue weighted by Crippen LogP contribution is -2.31. The first-order chi connectivity index (χ1) is 14.2. The van der Waals surface area contributed by atoms with Gasteiger partial charge in [-0.25, -0.2) is 9.78 Å². The summed E-state index contributed by atoms with van der Waals surface area (Å²) >= 11 is 1.58. The molecule has 6 nitrogen and oxygen atoms in total. The summed E-state index contributed by atoms with van der Waals surface area (Å²) in [5.74, 6) is -0.394. The highest BCUT2D eigenvalue weighted by Gasteiger charge is 2.29. The number of anilines is 1. The normalized spacial score (nSPS) is 11.3. The molecule has 2 amide bonds. The Balaban J connectivity index is 1.49. The van der Waals surface area contributed by atoms with Crippen LogP contribution in [0.4, 0.5) is 23.7 Å². The minimum Gasteiger partial charge on any atom is -0.440 e. The summed E-state index contributed by atoms with van der Waals surface area (Å²) in [7, 11) is 0. The van der Waals surface area contributed by atoms with Crippen molar-refractivity contribution in [1.29, 1.82) is 0 Å². The molecular weight excluding hydrogens is 419 g/mol. The molecule has 1 heterocycles. The molecule has 0 fully saturated rings. The van der Waals surface area contributed by atoms with Crippen LogP contribution in [0.5, 0.6) is 0 Å². The molecule has 0 saturated carbocycles. The van der Waals surface area contributed by atoms with Crippen LogP contribution < -0.4 is 10.6 Å². The fraction of sp³-hybridized carbons (Fsp3) is 0.250. The van der Waals surface area contributed by atoms with E-state index in [4.69, 9.17) is 0 Å². The molecule has 0 atom stereocenters. The molecule has 0 aliphatic rings. The summed E-state index contributed by atoms with van der Waals surface area (Å²) in [6, 6.07) is 13.2. The fourth-order valence-corrected chi connectivity index (χ4v) is 3.62. The third kappa shape index (κ3) is 6.18. The smallest absolute Gasteiger partial charge is 0.422 e. The Morgan fingerprint density at radius 2 is 1.87 bits per heavy atom. The standard InChI is InChI=1S/C20H18F3N3O3S/c1-12-2-7-15-16(10-12)30-18(26-15)13-3-5-14(6-4-13)25-17(27)8-9-24-19(28)29-11-20(21,22)23/h2-7,10H,8-9,11H2,1H3,(H,24,28)(H,25,27). The van der Waals surface area contributed by atoms with Crippen LogP contribution in [0.1, 0.15) is 12.0 Å². The van der Waals surface area contributed by atoms with Crippen molar-refractivity contribution in [2.24, 2.45) is 0 Å². The molecule has 3 aromatic rings. The highest BCUT2D eigenvalue weighted by atomic mass is 32.1. The van der Waals surface area contributed by atoms with Crippen LogP contribution in [0.15, 0.2) is 42.5 Å². The first-order valence-corrected chi connectivity index (χ1v) is 9.76. The van der Waals surface area contributed by atoms with Gasteiger partial charge in [0.15, 0.2) is 6.61 Å². The molecule has 0 bridgehead atoms. The summed E-state index contributed by atoms with van der Waals surface area (Å²) in [4.78, 5) is 27.6. The number of alkyl carbamates (subject to hydrolysis) is 1. The number of aromatic nitrogens is 1. The van der Waals surface area contributed by atoms with Crippen LogP contribution in [0.25, 0.3) is 20.8 Å². The quantitative estimate of drug-likeness (QED) is 0.576. The van der Waals surface area contributed by atoms with Crippen LogP contribution in [-0.4, -0.2) is 36.3 Å². The summed E-state index contributed by atoms with van der Waals surface area (Å²) in [6.45, 7) is 0.203. The van der Waals surface area contributed by atoms with Crippen LogP contribution in [0.3, 0.4) is 0 Å². The molecule has 158 valence electrons. The van der Waals surface area contributed by atoms with Crippen molar-refractivity contribution in [1.82, 2.24) is 10.3 Å². The summed E-state index contributed by atoms with van der Waals surface area (Å²) < 4.78 is 40.9. The molecule has 10 heteroatoms. The first kappa shape index (κ1) is 21.6. The van der Waals surface area contributed by atoms with Gasteiger partial charge in [-0.15, -0.1) is 11.3 Å². The predicted octanol–water partition coefficient (Wildman–Crippen LogP) is 4.89. The van der Waals surface area contributed by atoms with Gasteiger partial charge in [0.1, 0.15) is 5.01 Å². The van der Waals surface area contributed by atoms with Crippen molar-refractivity contribution in [3.8, 4) is 10.6 Å². The number of alkyl halides is 3. The van der Waals surface area contributed by atoms with E-state index in [2.05, 4.69) is 26.4 Å². The van der Waals surface area contributed by atoms with Gasteiger partial charge in [0.05, 0.1) is 10.2 Å². The number of fused-ring (bicyclic) bond motifs is 1. The van der Waals surface area contributed by atoms with Gasteiger partial charge in [-0.1, -0.05) is 6.07 Å². The Bertz CT molecular complexity index is 1050. The molecule has 0 aliphatic carbocycles. The molecule has 0 radical (unpaired) electrons. The van der Waals surface area contributed by atoms with Crippen LogP contribution >= 0.6 is 11.3 Å². The Labute approximate surface area is 174 Å². The Hall–Kier alpha value is -3.14. The molecule has 2 aromatic carbocycles. The maximum atomic E-state index is 11.9. The molecular formula is C20H18F3N3O3S. The zero-order valence-electron chi connectivity index (χ0n) is 15.9. The second kappa shape index (κ2) is 9.12. The van der Waals surface area contributed by atoms with Gasteiger partial charge < -0.3 is 15.4 Å². The van der Waals surface area contributed by atoms with Crippen molar-refractivity contribution in [2.45, 2.75) is 19.5 Å². The lowest BCUT2D eigenvalue weighted by atomic mass is 10.2. The van der Waals surface area contributed by atoms with Crippen LogP contribution in [0.2, 0.25) is 0 Å². The first-order valence-electron chi connectivity index (χ1n) is 8.94. The number of carbonyl (C=O) groups is 2. The number of rotatable bonds is 6. The second-order valence-corrected chi connectivity index (χ2v) is 7.51. The number of carbonyl (C=O) groups excluding carboxylic acids is 2. The van der Waals surface area contributed by atoms with Crippen molar-refractivity contribution in [3.63, 3.8) is 0 Å². The monoisotopic (exact) mass is 437 g/mol. The maximum absolute atomic E-state index is 11.9. The van der Waals surface area contributed by atoms with E-state index in [-0.39, 0.29) is 13.0 Å². The third-order valence-electron chi connectivity index (χ3n) is 3.95. The van der Waals surface area contributed by atoms with Gasteiger partial charge in [-0.05, 0) is 48.9 Å². The number of benzene rings is 2. The number of aryl methyl sites for hydroxylation is 1. The minimum absolute atomic E-state index is 0.111. The largest absolute Gasteiger partial charge is 0.440 e. The van der Waals surface area contributed by atoms with E-state index in [0.717, 1.165) is 20.8 Å². The van der Waals surface area contributed by atoms with Crippen LogP contribution in [-0.2, 0) is 9.53 Å². The molecule has 0 saturated heterocycles. The minimum atomic E-state index is -4.59. The second-order valence-electron chi connectivity index (χ2n) is 6.48. The number of ether oxygens (including phenoxy) is 1. The number of hydrogen-bond donors (Lipinski definition) is 2. The lowest BCUT2D eigenvalue weighted by molar-refractivity contribution is -0.160. The van der Waals surface area contributed by atoms with Gasteiger partial charge in [0.2, 0.25) is 5.91 Å². The lowest BCUT2D eigenvalue weighted by Gasteiger charge is -2.09. The fourth-order valence-electron chi connectivity index (χ4n) is 2.55. The predicted molar refractivity (Wildman–Crippen MR) is 108 cm³/mol. The zero-order chi connectivity index (χ0) is 21.7. The average molecular weight is 437 g/mol. The van der Waals surface area contributed by atoms with Gasteiger partial charge >= 0.3 is 12.3 Å². The van der Waals surface area contributed by atoms with Crippen molar-refractivity contribution < 1.29 is 27.5 Å². The molecule has 0 unspecified atom stereocenters. The van der Waals surface area contributed by atoms with E-state index in [9.17, 15) is 22.8 Å². The van der Waals surface area contributed by atoms with Gasteiger partial charge in [0, 0.05) is 24.2 Å². The number of nitrogens with one attached hydrogen (secondary N) is 2. The van der Waals surface area contributed by atoms with E-state index in [1.165, 1.54) is 5.56 Å². The van der Waals surface area contributed by atoms with E-state index >= 15 is 0 Å². The number of halogens is 3. The molecule has 1 aromatic heterocycles. The Morgan fingerprint density at radius 1 is 1.13 bits per heavy atom. The van der Waals surface area contributed by atoms with Crippen LogP contribution in [0, 0.1) is 6.92 Å². The third-order valence-corrected chi connectivity index (χ3v) is 5.02. The maximum Gasteiger partial charge on any atom is 0.422 e. The van der Waals surface area contributed by atoms with Gasteiger partial charge in [-0.3, -0.25) is 4.79 Å². The number of hydrogen-bond acceptors (Lipinski definition) is 5. The number of nitrogens with zero attached hydrogens (tertiary/aromatic N) is 1. The van der Waals surface area contributed by atoms with Gasteiger partial charge in [-0.2, -0.15) is 13.2 Å². The average Bonchev–Trinajstić information content (AvgIpc) is 3.09. The molecule has 3 rings (SSSR count). The Kier molecular flexibility index (Phi) is 6.56. The van der Waals surface area contributed by atoms with E-state index in [1.54, 1.807) is 23.5 Å². The summed E-state index contributed by atoms with van der Waals surface area (Å²) in [6.07, 6.45) is -5.93. The van der Waals surface area contributed by atoms with Crippen molar-refractivity contribution in [2.75, 3.05) is 18.5 Å². The highest BCUT2D eigenvalue weighted by molar-refractivity contribution is 7.21. The molecule has 30 heavy (non-hydrogen) atoms. The molecule has 2 N–H and O–H groups in total. The number of amides is 2. The van der Waals surface area contributed by atoms with Gasteiger partial charge in [0.25, 0.3) is 0 Å². The number of thiazole rings is 1. The summed E-state index contributed by atoms with van der Waals surface area (Å²) in [5, 5.41) is 5.62. The topological polar surface area (TPSA) is 80.3 Å². The van der Waals surface area contributed by atoms with E-state index < -0.39 is 24.8 Å². The van der Waals surface area contributed by atoms with Crippen molar-refractivity contribution >= 4 is 39.2 Å². The Morgan fingerprint density at radius 3 is 2.57 bits per heavy atom. The summed E-state index contributed by atoms with van der Waals surface area (Å²) in [5.41, 5.74) is 3.57. The molecule has 0 aliphatic heterocycles. The zero-order valence-corrected chi connectivity index (χ0v) is 16.7. The molecule has 0 spiro atoms. The SMILES string of the molecule is Cc1ccc2nc(-c3ccc(NC(=O)CCNC(=O)OCC(F)(F)F)cc3)sc2c1.